The predicted octanol–water partition coefficient (Wildman–Crippen LogP) is 2.83. The SMILES string of the molecule is Cc1cnn(C[C@@H](C)Nc2nc3ccccc3o2)c1. The fourth-order valence-electron chi connectivity index (χ4n) is 2.04. The van der Waals surface area contributed by atoms with Crippen molar-refractivity contribution in [1.29, 1.82) is 0 Å². The third kappa shape index (κ3) is 2.59. The summed E-state index contributed by atoms with van der Waals surface area (Å²) in [5.41, 5.74) is 2.83. The Bertz CT molecular complexity index is 652. The van der Waals surface area contributed by atoms with Crippen molar-refractivity contribution in [3.63, 3.8) is 0 Å². The quantitative estimate of drug-likeness (QED) is 0.779. The maximum Gasteiger partial charge on any atom is 0.295 e. The fourth-order valence-corrected chi connectivity index (χ4v) is 2.04. The first-order valence-electron chi connectivity index (χ1n) is 6.32. The highest BCUT2D eigenvalue weighted by molar-refractivity contribution is 5.74. The van der Waals surface area contributed by atoms with Gasteiger partial charge in [0.05, 0.1) is 12.7 Å². The van der Waals surface area contributed by atoms with Crippen LogP contribution in [0.3, 0.4) is 0 Å². The molecule has 1 atom stereocenters. The van der Waals surface area contributed by atoms with Gasteiger partial charge in [0.25, 0.3) is 6.01 Å². The maximum atomic E-state index is 5.63. The molecule has 3 rings (SSSR count). The number of oxazole rings is 1. The van der Waals surface area contributed by atoms with Crippen molar-refractivity contribution in [1.82, 2.24) is 14.8 Å². The number of rotatable bonds is 4. The van der Waals surface area contributed by atoms with Gasteiger partial charge in [-0.2, -0.15) is 10.1 Å². The molecule has 3 aromatic rings. The van der Waals surface area contributed by atoms with Crippen LogP contribution in [0.25, 0.3) is 11.1 Å². The highest BCUT2D eigenvalue weighted by atomic mass is 16.4. The Morgan fingerprint density at radius 2 is 2.21 bits per heavy atom. The van der Waals surface area contributed by atoms with E-state index in [9.17, 15) is 0 Å². The second-order valence-electron chi connectivity index (χ2n) is 4.77. The number of nitrogens with zero attached hydrogens (tertiary/aromatic N) is 3. The molecule has 0 aliphatic rings. The van der Waals surface area contributed by atoms with Crippen molar-refractivity contribution in [2.75, 3.05) is 5.32 Å². The first kappa shape index (κ1) is 11.8. The van der Waals surface area contributed by atoms with Crippen molar-refractivity contribution in [3.05, 3.63) is 42.2 Å². The van der Waals surface area contributed by atoms with E-state index in [2.05, 4.69) is 22.3 Å². The lowest BCUT2D eigenvalue weighted by Crippen LogP contribution is -2.22. The normalized spacial score (nSPS) is 12.7. The molecule has 0 amide bonds. The van der Waals surface area contributed by atoms with E-state index in [0.717, 1.165) is 23.2 Å². The number of nitrogens with one attached hydrogen (secondary N) is 1. The Kier molecular flexibility index (Phi) is 2.95. The zero-order valence-electron chi connectivity index (χ0n) is 11.0. The first-order valence-corrected chi connectivity index (χ1v) is 6.32. The minimum atomic E-state index is 0.187. The highest BCUT2D eigenvalue weighted by Crippen LogP contribution is 2.18. The number of aromatic nitrogens is 3. The molecule has 0 saturated carbocycles. The largest absolute Gasteiger partial charge is 0.424 e. The number of benzene rings is 1. The van der Waals surface area contributed by atoms with Crippen LogP contribution in [-0.4, -0.2) is 20.8 Å². The summed E-state index contributed by atoms with van der Waals surface area (Å²) in [5.74, 6) is 0. The summed E-state index contributed by atoms with van der Waals surface area (Å²) in [6.45, 7) is 4.88. The molecule has 5 nitrogen and oxygen atoms in total. The van der Waals surface area contributed by atoms with E-state index in [0.29, 0.717) is 6.01 Å². The molecule has 0 aliphatic carbocycles. The van der Waals surface area contributed by atoms with E-state index in [1.54, 1.807) is 0 Å². The zero-order chi connectivity index (χ0) is 13.2. The van der Waals surface area contributed by atoms with E-state index in [4.69, 9.17) is 4.42 Å². The van der Waals surface area contributed by atoms with Crippen LogP contribution in [0.1, 0.15) is 12.5 Å². The highest BCUT2D eigenvalue weighted by Gasteiger charge is 2.09. The number of fused-ring (bicyclic) bond motifs is 1. The van der Waals surface area contributed by atoms with E-state index in [1.807, 2.05) is 48.3 Å². The Morgan fingerprint density at radius 3 is 2.95 bits per heavy atom. The molecular weight excluding hydrogens is 240 g/mol. The van der Waals surface area contributed by atoms with Crippen LogP contribution in [0.2, 0.25) is 0 Å². The molecule has 1 aromatic carbocycles. The third-order valence-corrected chi connectivity index (χ3v) is 2.89. The molecule has 0 fully saturated rings. The standard InChI is InChI=1S/C14H16N4O/c1-10-7-15-18(8-10)9-11(2)16-14-17-12-5-3-4-6-13(12)19-14/h3-8,11H,9H2,1-2H3,(H,16,17)/t11-/m1/s1. The number of hydrogen-bond donors (Lipinski definition) is 1. The number of anilines is 1. The summed E-state index contributed by atoms with van der Waals surface area (Å²) in [4.78, 5) is 4.39. The van der Waals surface area contributed by atoms with Gasteiger partial charge in [-0.15, -0.1) is 0 Å². The fraction of sp³-hybridized carbons (Fsp3) is 0.286. The summed E-state index contributed by atoms with van der Waals surface area (Å²) in [5, 5.41) is 7.52. The van der Waals surface area contributed by atoms with Crippen LogP contribution >= 0.6 is 0 Å². The van der Waals surface area contributed by atoms with E-state index in [1.165, 1.54) is 0 Å². The van der Waals surface area contributed by atoms with Gasteiger partial charge in [0.15, 0.2) is 5.58 Å². The van der Waals surface area contributed by atoms with Gasteiger partial charge in [-0.3, -0.25) is 4.68 Å². The van der Waals surface area contributed by atoms with E-state index >= 15 is 0 Å². The molecule has 0 aliphatic heterocycles. The zero-order valence-corrected chi connectivity index (χ0v) is 11.0. The first-order chi connectivity index (χ1) is 9.20. The molecule has 19 heavy (non-hydrogen) atoms. The number of aryl methyl sites for hydroxylation is 1. The molecule has 0 unspecified atom stereocenters. The lowest BCUT2D eigenvalue weighted by atomic mass is 10.3. The second kappa shape index (κ2) is 4.76. The molecule has 2 aromatic heterocycles. The minimum absolute atomic E-state index is 0.187. The van der Waals surface area contributed by atoms with Crippen molar-refractivity contribution >= 4 is 17.1 Å². The van der Waals surface area contributed by atoms with Crippen LogP contribution < -0.4 is 5.32 Å². The molecule has 0 spiro atoms. The Balaban J connectivity index is 1.70. The molecular formula is C14H16N4O. The van der Waals surface area contributed by atoms with Crippen LogP contribution in [0.15, 0.2) is 41.1 Å². The molecule has 1 N–H and O–H groups in total. The Labute approximate surface area is 111 Å². The smallest absolute Gasteiger partial charge is 0.295 e. The lowest BCUT2D eigenvalue weighted by Gasteiger charge is -2.11. The second-order valence-corrected chi connectivity index (χ2v) is 4.77. The van der Waals surface area contributed by atoms with Gasteiger partial charge in [0.1, 0.15) is 5.52 Å². The van der Waals surface area contributed by atoms with Gasteiger partial charge in [0.2, 0.25) is 0 Å². The van der Waals surface area contributed by atoms with Gasteiger partial charge >= 0.3 is 0 Å². The van der Waals surface area contributed by atoms with Gasteiger partial charge < -0.3 is 9.73 Å². The van der Waals surface area contributed by atoms with Crippen molar-refractivity contribution in [3.8, 4) is 0 Å². The third-order valence-electron chi connectivity index (χ3n) is 2.89. The average molecular weight is 256 g/mol. The van der Waals surface area contributed by atoms with Crippen LogP contribution in [0, 0.1) is 6.92 Å². The van der Waals surface area contributed by atoms with Gasteiger partial charge in [-0.25, -0.2) is 0 Å². The van der Waals surface area contributed by atoms with Gasteiger partial charge in [-0.05, 0) is 31.5 Å². The summed E-state index contributed by atoms with van der Waals surface area (Å²) in [6, 6.07) is 8.48. The summed E-state index contributed by atoms with van der Waals surface area (Å²) in [7, 11) is 0. The summed E-state index contributed by atoms with van der Waals surface area (Å²) >= 11 is 0. The topological polar surface area (TPSA) is 55.9 Å². The van der Waals surface area contributed by atoms with E-state index < -0.39 is 0 Å². The number of para-hydroxylation sites is 2. The maximum absolute atomic E-state index is 5.63. The van der Waals surface area contributed by atoms with Crippen molar-refractivity contribution in [2.45, 2.75) is 26.4 Å². The molecule has 5 heteroatoms. The van der Waals surface area contributed by atoms with Crippen LogP contribution in [0.4, 0.5) is 6.01 Å². The average Bonchev–Trinajstić information content (AvgIpc) is 2.94. The predicted molar refractivity (Wildman–Crippen MR) is 74.1 cm³/mol. The van der Waals surface area contributed by atoms with Gasteiger partial charge in [-0.1, -0.05) is 12.1 Å². The van der Waals surface area contributed by atoms with E-state index in [-0.39, 0.29) is 6.04 Å². The molecule has 2 heterocycles. The summed E-state index contributed by atoms with van der Waals surface area (Å²) < 4.78 is 7.54. The Hall–Kier alpha value is -2.30. The van der Waals surface area contributed by atoms with Crippen molar-refractivity contribution < 1.29 is 4.42 Å². The van der Waals surface area contributed by atoms with Crippen LogP contribution in [-0.2, 0) is 6.54 Å². The number of hydrogen-bond acceptors (Lipinski definition) is 4. The lowest BCUT2D eigenvalue weighted by molar-refractivity contribution is 0.535. The monoisotopic (exact) mass is 256 g/mol. The van der Waals surface area contributed by atoms with Gasteiger partial charge in [0, 0.05) is 12.2 Å². The Morgan fingerprint density at radius 1 is 1.37 bits per heavy atom. The molecule has 0 saturated heterocycles. The molecule has 0 radical (unpaired) electrons. The molecule has 98 valence electrons. The van der Waals surface area contributed by atoms with Crippen LogP contribution in [0.5, 0.6) is 0 Å². The van der Waals surface area contributed by atoms with Crippen molar-refractivity contribution in [2.24, 2.45) is 0 Å². The summed E-state index contributed by atoms with van der Waals surface area (Å²) in [6.07, 6.45) is 3.87. The molecule has 0 bridgehead atoms. The minimum Gasteiger partial charge on any atom is -0.424 e.